The van der Waals surface area contributed by atoms with Crippen LogP contribution in [-0.4, -0.2) is 50.1 Å². The molecule has 144 valence electrons. The molecule has 5 atom stereocenters. The third-order valence-corrected chi connectivity index (χ3v) is 6.00. The largest absolute Gasteiger partial charge is 0.469 e. The van der Waals surface area contributed by atoms with Crippen LogP contribution in [0.1, 0.15) is 6.42 Å². The molecule has 2 fully saturated rings. The second-order valence-corrected chi connectivity index (χ2v) is 7.93. The zero-order valence-electron chi connectivity index (χ0n) is 13.5. The van der Waals surface area contributed by atoms with Gasteiger partial charge in [0.05, 0.1) is 18.9 Å². The number of allylic oxidation sites excluding steroid dienone is 1. The molecule has 3 aliphatic rings. The lowest BCUT2D eigenvalue weighted by Crippen LogP contribution is -2.43. The van der Waals surface area contributed by atoms with Gasteiger partial charge in [-0.2, -0.15) is 22.3 Å². The molecular weight excluding hydrogens is 378 g/mol. The van der Waals surface area contributed by atoms with Crippen molar-refractivity contribution in [1.82, 2.24) is 5.43 Å². The Morgan fingerprint density at radius 3 is 2.69 bits per heavy atom. The van der Waals surface area contributed by atoms with Crippen LogP contribution in [-0.2, 0) is 29.2 Å². The van der Waals surface area contributed by atoms with Crippen LogP contribution in [0.3, 0.4) is 0 Å². The van der Waals surface area contributed by atoms with Crippen molar-refractivity contribution in [3.63, 3.8) is 0 Å². The number of esters is 2. The Hall–Kier alpha value is -2.08. The Morgan fingerprint density at radius 1 is 1.38 bits per heavy atom. The molecule has 0 aromatic carbocycles. The number of nitrogens with zero attached hydrogens (tertiary/aromatic N) is 1. The van der Waals surface area contributed by atoms with Crippen LogP contribution in [0, 0.1) is 29.6 Å². The number of hydrazone groups is 1. The summed E-state index contributed by atoms with van der Waals surface area (Å²) < 4.78 is 65.6. The summed E-state index contributed by atoms with van der Waals surface area (Å²) in [6, 6.07) is 0. The third-order valence-electron chi connectivity index (χ3n) is 5.13. The highest BCUT2D eigenvalue weighted by atomic mass is 32.2. The normalized spacial score (nSPS) is 32.5. The molecule has 2 N–H and O–H groups in total. The van der Waals surface area contributed by atoms with E-state index in [9.17, 15) is 26.8 Å². The summed E-state index contributed by atoms with van der Waals surface area (Å²) in [5, 5.41) is -0.727. The number of halogens is 2. The summed E-state index contributed by atoms with van der Waals surface area (Å²) >= 11 is 0. The molecule has 0 amide bonds. The van der Waals surface area contributed by atoms with E-state index < -0.39 is 51.7 Å². The van der Waals surface area contributed by atoms with Crippen molar-refractivity contribution in [3.05, 3.63) is 11.8 Å². The average molecular weight is 394 g/mol. The summed E-state index contributed by atoms with van der Waals surface area (Å²) in [5.74, 6) is -4.73. The maximum absolute atomic E-state index is 13.3. The number of carbonyl (C=O) groups excluding carboxylic acids is 2. The van der Waals surface area contributed by atoms with E-state index in [2.05, 4.69) is 15.3 Å². The fraction of sp³-hybridized carbons (Fsp3) is 0.643. The number of hydrogen-bond acceptors (Lipinski definition) is 8. The van der Waals surface area contributed by atoms with Gasteiger partial charge in [-0.3, -0.25) is 19.6 Å². The molecule has 2 aliphatic carbocycles. The molecule has 0 radical (unpaired) electrons. The summed E-state index contributed by atoms with van der Waals surface area (Å²) in [7, 11) is -4.58. The Morgan fingerprint density at radius 2 is 2.08 bits per heavy atom. The van der Waals surface area contributed by atoms with Gasteiger partial charge < -0.3 is 9.47 Å². The first-order valence-corrected chi connectivity index (χ1v) is 9.10. The quantitative estimate of drug-likeness (QED) is 0.498. The molecule has 0 saturated heterocycles. The van der Waals surface area contributed by atoms with Crippen molar-refractivity contribution in [2.24, 2.45) is 34.7 Å². The number of ether oxygens (including phenoxy) is 2. The van der Waals surface area contributed by atoms with Crippen LogP contribution in [0.4, 0.5) is 8.78 Å². The van der Waals surface area contributed by atoms with Crippen molar-refractivity contribution >= 4 is 28.3 Å². The standard InChI is InChI=1S/C14H16F2N2O7S/c1-24-12(19)10-6-2-7(9-4-18-17-3-8(6)9)11(10)13(20)25-5-14(15,16)26(21,22)23/h3-4,6-8,10-11,18H,2,5H2,1H3,(H,21,22,23). The number of rotatable bonds is 5. The fourth-order valence-electron chi connectivity index (χ4n) is 4.04. The highest BCUT2D eigenvalue weighted by Gasteiger charge is 2.61. The van der Waals surface area contributed by atoms with Gasteiger partial charge in [-0.25, -0.2) is 0 Å². The first kappa shape index (κ1) is 18.7. The summed E-state index contributed by atoms with van der Waals surface area (Å²) in [6.45, 7) is -1.84. The maximum Gasteiger partial charge on any atom is 0.402 e. The minimum absolute atomic E-state index is 0.173. The molecule has 1 heterocycles. The van der Waals surface area contributed by atoms with Gasteiger partial charge >= 0.3 is 27.3 Å². The van der Waals surface area contributed by atoms with Gasteiger partial charge in [0.15, 0.2) is 6.61 Å². The van der Waals surface area contributed by atoms with E-state index in [-0.39, 0.29) is 11.8 Å². The summed E-state index contributed by atoms with van der Waals surface area (Å²) in [4.78, 5) is 24.6. The van der Waals surface area contributed by atoms with E-state index >= 15 is 0 Å². The number of nitrogens with one attached hydrogen (secondary N) is 1. The van der Waals surface area contributed by atoms with E-state index in [1.807, 2.05) is 0 Å². The Bertz CT molecular complexity index is 795. The molecule has 3 rings (SSSR count). The predicted molar refractivity (Wildman–Crippen MR) is 81.2 cm³/mol. The van der Waals surface area contributed by atoms with Gasteiger partial charge in [0.1, 0.15) is 0 Å². The SMILES string of the molecule is COC(=O)C1C2CC(C3=CNN=CC32)C1C(=O)OCC(F)(F)S(=O)(=O)O. The van der Waals surface area contributed by atoms with E-state index in [1.165, 1.54) is 0 Å². The minimum atomic E-state index is -5.73. The van der Waals surface area contributed by atoms with Crippen LogP contribution in [0.5, 0.6) is 0 Å². The van der Waals surface area contributed by atoms with Crippen LogP contribution < -0.4 is 5.43 Å². The Kier molecular flexibility index (Phi) is 4.51. The predicted octanol–water partition coefficient (Wildman–Crippen LogP) is 0.154. The zero-order valence-corrected chi connectivity index (χ0v) is 14.3. The highest BCUT2D eigenvalue weighted by Crippen LogP contribution is 2.58. The Balaban J connectivity index is 1.82. The topological polar surface area (TPSA) is 131 Å². The maximum atomic E-state index is 13.3. The molecule has 26 heavy (non-hydrogen) atoms. The van der Waals surface area contributed by atoms with Gasteiger partial charge in [-0.1, -0.05) is 0 Å². The average Bonchev–Trinajstić information content (AvgIpc) is 3.15. The van der Waals surface area contributed by atoms with Gasteiger partial charge in [-0.05, 0) is 23.8 Å². The lowest BCUT2D eigenvalue weighted by Gasteiger charge is -2.34. The van der Waals surface area contributed by atoms with Crippen molar-refractivity contribution in [1.29, 1.82) is 0 Å². The summed E-state index contributed by atoms with van der Waals surface area (Å²) in [6.07, 6.45) is 3.65. The number of fused-ring (bicyclic) bond motifs is 5. The first-order chi connectivity index (χ1) is 12.1. The van der Waals surface area contributed by atoms with Crippen molar-refractivity contribution in [2.45, 2.75) is 11.7 Å². The number of hydrogen-bond donors (Lipinski definition) is 2. The van der Waals surface area contributed by atoms with E-state index in [4.69, 9.17) is 9.29 Å². The van der Waals surface area contributed by atoms with Crippen LogP contribution >= 0.6 is 0 Å². The van der Waals surface area contributed by atoms with Crippen molar-refractivity contribution < 1.29 is 40.8 Å². The second kappa shape index (κ2) is 6.27. The summed E-state index contributed by atoms with van der Waals surface area (Å²) in [5.41, 5.74) is 3.44. The van der Waals surface area contributed by atoms with Crippen LogP contribution in [0.2, 0.25) is 0 Å². The van der Waals surface area contributed by atoms with Gasteiger partial charge in [-0.15, -0.1) is 0 Å². The van der Waals surface area contributed by atoms with Crippen molar-refractivity contribution in [2.75, 3.05) is 13.7 Å². The monoisotopic (exact) mass is 394 g/mol. The molecular formula is C14H16F2N2O7S. The van der Waals surface area contributed by atoms with E-state index in [0.29, 0.717) is 6.42 Å². The molecule has 0 aromatic rings. The molecule has 1 aliphatic heterocycles. The lowest BCUT2D eigenvalue weighted by molar-refractivity contribution is -0.164. The molecule has 2 bridgehead atoms. The molecule has 12 heteroatoms. The zero-order chi connectivity index (χ0) is 19.3. The number of carbonyl (C=O) groups is 2. The second-order valence-electron chi connectivity index (χ2n) is 6.38. The highest BCUT2D eigenvalue weighted by molar-refractivity contribution is 7.86. The fourth-order valence-corrected chi connectivity index (χ4v) is 4.25. The molecule has 5 unspecified atom stereocenters. The number of methoxy groups -OCH3 is 1. The minimum Gasteiger partial charge on any atom is -0.469 e. The molecule has 0 spiro atoms. The first-order valence-electron chi connectivity index (χ1n) is 7.66. The van der Waals surface area contributed by atoms with E-state index in [0.717, 1.165) is 12.7 Å². The smallest absolute Gasteiger partial charge is 0.402 e. The van der Waals surface area contributed by atoms with Crippen LogP contribution in [0.15, 0.2) is 16.9 Å². The van der Waals surface area contributed by atoms with Gasteiger partial charge in [0.2, 0.25) is 0 Å². The van der Waals surface area contributed by atoms with Gasteiger partial charge in [0.25, 0.3) is 0 Å². The third kappa shape index (κ3) is 2.86. The van der Waals surface area contributed by atoms with E-state index in [1.54, 1.807) is 12.4 Å². The lowest BCUT2D eigenvalue weighted by atomic mass is 9.71. The number of alkyl halides is 2. The molecule has 9 nitrogen and oxygen atoms in total. The molecule has 2 saturated carbocycles. The Labute approximate surface area is 147 Å². The molecule has 0 aromatic heterocycles. The van der Waals surface area contributed by atoms with Crippen LogP contribution in [0.25, 0.3) is 0 Å². The van der Waals surface area contributed by atoms with Crippen molar-refractivity contribution in [3.8, 4) is 0 Å². The van der Waals surface area contributed by atoms with Gasteiger partial charge in [0, 0.05) is 18.3 Å².